The number of benzene rings is 2. The molecule has 2 N–H and O–H groups in total. The van der Waals surface area contributed by atoms with E-state index in [1.165, 1.54) is 23.0 Å². The summed E-state index contributed by atoms with van der Waals surface area (Å²) in [6.07, 6.45) is 1.40. The number of hydrogen-bond acceptors (Lipinski definition) is 9. The number of hydrogen-bond donors (Lipinski definition) is 1. The van der Waals surface area contributed by atoms with Crippen molar-refractivity contribution in [2.75, 3.05) is 12.5 Å². The lowest BCUT2D eigenvalue weighted by molar-refractivity contribution is 0.0629. The van der Waals surface area contributed by atoms with Gasteiger partial charge >= 0.3 is 0 Å². The Morgan fingerprint density at radius 1 is 1.06 bits per heavy atom. The third-order valence-corrected chi connectivity index (χ3v) is 9.10. The number of rotatable bonds is 4. The van der Waals surface area contributed by atoms with Gasteiger partial charge in [-0.25, -0.2) is 15.0 Å². The number of nitrogens with two attached hydrogens (primary N) is 1. The van der Waals surface area contributed by atoms with E-state index in [0.717, 1.165) is 8.47 Å². The maximum atomic E-state index is 13.2. The minimum absolute atomic E-state index is 0.00372. The second-order valence-corrected chi connectivity index (χ2v) is 11.0. The Balaban J connectivity index is 1.31. The van der Waals surface area contributed by atoms with Crippen molar-refractivity contribution < 1.29 is 19.1 Å². The van der Waals surface area contributed by atoms with Crippen LogP contribution in [0.1, 0.15) is 33.7 Å². The quantitative estimate of drug-likeness (QED) is 0.271. The number of ether oxygens (including phenoxy) is 2. The zero-order valence-electron chi connectivity index (χ0n) is 18.7. The van der Waals surface area contributed by atoms with Crippen molar-refractivity contribution in [3.8, 4) is 11.5 Å². The summed E-state index contributed by atoms with van der Waals surface area (Å²) < 4.78 is 14.0. The van der Waals surface area contributed by atoms with Gasteiger partial charge in [-0.15, -0.1) is 0 Å². The number of nitrogens with zero attached hydrogens (tertiary/aromatic N) is 5. The van der Waals surface area contributed by atoms with E-state index in [1.807, 2.05) is 23.6 Å². The Bertz CT molecular complexity index is 1590. The van der Waals surface area contributed by atoms with Crippen molar-refractivity contribution in [2.45, 2.75) is 29.1 Å². The van der Waals surface area contributed by atoms with Gasteiger partial charge in [0.05, 0.1) is 23.2 Å². The molecule has 1 fully saturated rings. The number of anilines is 1. The van der Waals surface area contributed by atoms with Crippen LogP contribution in [-0.4, -0.2) is 49.1 Å². The molecular weight excluding hydrogens is 595 g/mol. The van der Waals surface area contributed by atoms with E-state index < -0.39 is 0 Å². The van der Waals surface area contributed by atoms with Gasteiger partial charge in [-0.1, -0.05) is 30.8 Å². The summed E-state index contributed by atoms with van der Waals surface area (Å²) in [7, 11) is 0. The third-order valence-electron chi connectivity index (χ3n) is 6.81. The van der Waals surface area contributed by atoms with Crippen LogP contribution in [-0.2, 0) is 0 Å². The van der Waals surface area contributed by atoms with Crippen LogP contribution < -0.4 is 15.2 Å². The normalized spacial score (nSPS) is 21.9. The molecule has 12 heteroatoms. The van der Waals surface area contributed by atoms with Crippen LogP contribution in [0.25, 0.3) is 11.2 Å². The van der Waals surface area contributed by atoms with Crippen LogP contribution in [0.15, 0.2) is 52.8 Å². The molecule has 0 spiro atoms. The van der Waals surface area contributed by atoms with E-state index in [1.54, 1.807) is 24.3 Å². The summed E-state index contributed by atoms with van der Waals surface area (Å²) >= 11 is 3.69. The third kappa shape index (κ3) is 3.06. The fourth-order valence-electron chi connectivity index (χ4n) is 5.00. The first kappa shape index (κ1) is 21.9. The van der Waals surface area contributed by atoms with Gasteiger partial charge in [0, 0.05) is 14.4 Å². The first-order valence-corrected chi connectivity index (χ1v) is 13.1. The second-order valence-electron chi connectivity index (χ2n) is 8.80. The van der Waals surface area contributed by atoms with Gasteiger partial charge in [-0.3, -0.25) is 19.1 Å². The van der Waals surface area contributed by atoms with Crippen molar-refractivity contribution in [3.05, 3.63) is 57.4 Å². The molecule has 4 heterocycles. The van der Waals surface area contributed by atoms with Crippen molar-refractivity contribution in [1.82, 2.24) is 24.4 Å². The summed E-state index contributed by atoms with van der Waals surface area (Å²) in [6.45, 7) is 2.21. The molecule has 10 nitrogen and oxygen atoms in total. The minimum Gasteiger partial charge on any atom is -0.454 e. The van der Waals surface area contributed by atoms with Crippen molar-refractivity contribution in [3.63, 3.8) is 0 Å². The highest BCUT2D eigenvalue weighted by Gasteiger charge is 2.58. The number of halogens is 1. The van der Waals surface area contributed by atoms with Gasteiger partial charge in [0.25, 0.3) is 11.8 Å². The number of carbonyl (C=O) groups is 2. The number of nitrogen functional groups attached to an aromatic ring is 1. The average molecular weight is 612 g/mol. The molecule has 3 aliphatic rings. The summed E-state index contributed by atoms with van der Waals surface area (Å²) in [5.41, 5.74) is 8.08. The molecule has 2 aromatic carbocycles. The van der Waals surface area contributed by atoms with Crippen LogP contribution in [0.5, 0.6) is 11.5 Å². The number of imidazole rings is 1. The zero-order chi connectivity index (χ0) is 24.7. The summed E-state index contributed by atoms with van der Waals surface area (Å²) in [4.78, 5) is 42.1. The summed E-state index contributed by atoms with van der Waals surface area (Å²) in [5, 5.41) is 0.643. The molecule has 7 rings (SSSR count). The SMILES string of the molecule is CC1C(N2C(=O)c3ccccc3C2=O)C1n1c(Sc2cc3c(cc2I)OCO3)nc2c(N)ncnc21. The summed E-state index contributed by atoms with van der Waals surface area (Å²) in [6, 6.07) is 10.2. The topological polar surface area (TPSA) is 125 Å². The highest BCUT2D eigenvalue weighted by Crippen LogP contribution is 2.53. The zero-order valence-corrected chi connectivity index (χ0v) is 21.7. The van der Waals surface area contributed by atoms with E-state index in [2.05, 4.69) is 32.6 Å². The van der Waals surface area contributed by atoms with E-state index >= 15 is 0 Å². The standard InChI is InChI=1S/C24H17IN6O4S/c1-10-18(19(10)31-22(32)11-4-2-3-5-12(11)23(31)33)30-21-17(20(26)27-8-28-21)29-24(30)36-16-7-15-14(6-13(16)25)34-9-35-15/h2-8,10,18-19H,9H2,1H3,(H2,26,27,28). The smallest absolute Gasteiger partial charge is 0.261 e. The largest absolute Gasteiger partial charge is 0.454 e. The average Bonchev–Trinajstić information content (AvgIpc) is 3.19. The van der Waals surface area contributed by atoms with Crippen molar-refractivity contribution >= 4 is 63.1 Å². The van der Waals surface area contributed by atoms with Crippen LogP contribution in [0.3, 0.4) is 0 Å². The molecule has 2 amide bonds. The molecular formula is C24H17IN6O4S. The number of carbonyl (C=O) groups excluding carboxylic acids is 2. The van der Waals surface area contributed by atoms with Crippen LogP contribution in [0.2, 0.25) is 0 Å². The van der Waals surface area contributed by atoms with E-state index in [9.17, 15) is 9.59 Å². The monoisotopic (exact) mass is 612 g/mol. The fourth-order valence-corrected chi connectivity index (χ4v) is 6.73. The van der Waals surface area contributed by atoms with Gasteiger partial charge in [0.1, 0.15) is 6.33 Å². The van der Waals surface area contributed by atoms with Crippen LogP contribution >= 0.6 is 34.4 Å². The lowest BCUT2D eigenvalue weighted by Crippen LogP contribution is -2.34. The molecule has 180 valence electrons. The minimum atomic E-state index is -0.332. The Labute approximate surface area is 222 Å². The van der Waals surface area contributed by atoms with Gasteiger partial charge in [0.2, 0.25) is 6.79 Å². The van der Waals surface area contributed by atoms with Crippen LogP contribution in [0, 0.1) is 9.49 Å². The lowest BCUT2D eigenvalue weighted by Gasteiger charge is -2.15. The Kier molecular flexibility index (Phi) is 4.74. The number of aromatic nitrogens is 4. The highest BCUT2D eigenvalue weighted by atomic mass is 127. The molecule has 1 aliphatic carbocycles. The summed E-state index contributed by atoms with van der Waals surface area (Å²) in [5.74, 6) is 1.10. The number of amides is 2. The Morgan fingerprint density at radius 3 is 2.47 bits per heavy atom. The van der Waals surface area contributed by atoms with Gasteiger partial charge in [-0.05, 0) is 46.9 Å². The molecule has 4 aromatic rings. The van der Waals surface area contributed by atoms with E-state index in [-0.39, 0.29) is 42.4 Å². The highest BCUT2D eigenvalue weighted by molar-refractivity contribution is 14.1. The molecule has 2 aliphatic heterocycles. The molecule has 0 radical (unpaired) electrons. The Morgan fingerprint density at radius 2 is 1.75 bits per heavy atom. The molecule has 3 unspecified atom stereocenters. The molecule has 2 aromatic heterocycles. The van der Waals surface area contributed by atoms with Gasteiger partial charge < -0.3 is 15.2 Å². The fraction of sp³-hybridized carbons (Fsp3) is 0.208. The van der Waals surface area contributed by atoms with E-state index in [4.69, 9.17) is 20.2 Å². The maximum Gasteiger partial charge on any atom is 0.261 e. The first-order chi connectivity index (χ1) is 17.4. The molecule has 0 bridgehead atoms. The van der Waals surface area contributed by atoms with Gasteiger partial charge in [0.15, 0.2) is 33.6 Å². The molecule has 1 saturated carbocycles. The van der Waals surface area contributed by atoms with Crippen molar-refractivity contribution in [2.24, 2.45) is 5.92 Å². The number of imide groups is 1. The number of fused-ring (bicyclic) bond motifs is 3. The second kappa shape index (κ2) is 7.80. The van der Waals surface area contributed by atoms with Crippen LogP contribution in [0.4, 0.5) is 5.82 Å². The van der Waals surface area contributed by atoms with Crippen molar-refractivity contribution in [1.29, 1.82) is 0 Å². The first-order valence-electron chi connectivity index (χ1n) is 11.2. The molecule has 0 saturated heterocycles. The molecule has 3 atom stereocenters. The predicted octanol–water partition coefficient (Wildman–Crippen LogP) is 3.75. The predicted molar refractivity (Wildman–Crippen MR) is 138 cm³/mol. The maximum absolute atomic E-state index is 13.2. The Hall–Kier alpha value is -3.39. The van der Waals surface area contributed by atoms with Gasteiger partial charge in [-0.2, -0.15) is 0 Å². The molecule has 36 heavy (non-hydrogen) atoms. The van der Waals surface area contributed by atoms with E-state index in [0.29, 0.717) is 38.9 Å². The lowest BCUT2D eigenvalue weighted by atomic mass is 10.1.